The largest absolute Gasteiger partial charge is 0.342 e. The molecular weight excluding hydrogens is 492 g/mol. The fourth-order valence-corrected chi connectivity index (χ4v) is 4.69. The zero-order chi connectivity index (χ0) is 23.6. The molecule has 32 heavy (non-hydrogen) atoms. The molecule has 1 saturated heterocycles. The highest BCUT2D eigenvalue weighted by atomic mass is 79.9. The fourth-order valence-electron chi connectivity index (χ4n) is 3.90. The van der Waals surface area contributed by atoms with Crippen LogP contribution in [0.2, 0.25) is 0 Å². The van der Waals surface area contributed by atoms with Crippen LogP contribution in [0.1, 0.15) is 33.3 Å². The van der Waals surface area contributed by atoms with Crippen molar-refractivity contribution in [1.82, 2.24) is 19.3 Å². The number of carbonyl (C=O) groups excluding carboxylic acids is 3. The number of hydrogen-bond acceptors (Lipinski definition) is 4. The minimum atomic E-state index is -0.401. The van der Waals surface area contributed by atoms with E-state index >= 15 is 0 Å². The summed E-state index contributed by atoms with van der Waals surface area (Å²) in [6.45, 7) is 9.77. The predicted octanol–water partition coefficient (Wildman–Crippen LogP) is 3.65. The van der Waals surface area contributed by atoms with Crippen LogP contribution in [0.25, 0.3) is 17.0 Å². The lowest BCUT2D eigenvalue weighted by Crippen LogP contribution is -2.55. The molecule has 2 heterocycles. The van der Waals surface area contributed by atoms with Gasteiger partial charge in [0.05, 0.1) is 0 Å². The summed E-state index contributed by atoms with van der Waals surface area (Å²) >= 11 is 8.84. The van der Waals surface area contributed by atoms with E-state index in [0.29, 0.717) is 31.7 Å². The average Bonchev–Trinajstić information content (AvgIpc) is 3.09. The summed E-state index contributed by atoms with van der Waals surface area (Å²) < 4.78 is 2.73. The Morgan fingerprint density at radius 2 is 1.66 bits per heavy atom. The summed E-state index contributed by atoms with van der Waals surface area (Å²) in [6.07, 6.45) is 3.44. The first-order valence-corrected chi connectivity index (χ1v) is 11.9. The van der Waals surface area contributed by atoms with Crippen LogP contribution in [0, 0.1) is 0 Å². The van der Waals surface area contributed by atoms with Crippen molar-refractivity contribution in [1.29, 1.82) is 0 Å². The van der Waals surface area contributed by atoms with Crippen LogP contribution in [0.15, 0.2) is 34.4 Å². The maximum absolute atomic E-state index is 13.0. The first-order valence-electron chi connectivity index (χ1n) is 10.7. The van der Waals surface area contributed by atoms with Crippen molar-refractivity contribution in [3.05, 3.63) is 40.0 Å². The molecule has 0 radical (unpaired) electrons. The molecule has 1 aromatic heterocycles. The lowest BCUT2D eigenvalue weighted by molar-refractivity contribution is -0.134. The Morgan fingerprint density at radius 3 is 2.19 bits per heavy atom. The number of nitrogens with zero attached hydrogens (tertiary/aromatic N) is 4. The first-order chi connectivity index (χ1) is 15.3. The second kappa shape index (κ2) is 9.95. The van der Waals surface area contributed by atoms with Crippen LogP contribution >= 0.6 is 28.1 Å². The van der Waals surface area contributed by atoms with E-state index in [1.165, 1.54) is 9.80 Å². The second-order valence-corrected chi connectivity index (χ2v) is 8.66. The van der Waals surface area contributed by atoms with E-state index in [9.17, 15) is 14.4 Å². The topological polar surface area (TPSA) is 65.9 Å². The molecule has 1 aromatic carbocycles. The van der Waals surface area contributed by atoms with Crippen LogP contribution < -0.4 is 0 Å². The van der Waals surface area contributed by atoms with E-state index in [4.69, 9.17) is 12.2 Å². The van der Waals surface area contributed by atoms with Gasteiger partial charge in [-0.3, -0.25) is 24.2 Å². The van der Waals surface area contributed by atoms with Gasteiger partial charge in [0.2, 0.25) is 5.91 Å². The van der Waals surface area contributed by atoms with Crippen molar-refractivity contribution in [3.8, 4) is 0 Å². The number of amides is 3. The van der Waals surface area contributed by atoms with Gasteiger partial charge in [-0.25, -0.2) is 0 Å². The third kappa shape index (κ3) is 4.36. The lowest BCUT2D eigenvalue weighted by atomic mass is 10.1. The molecule has 1 aliphatic rings. The standard InChI is InChI=1S/C23H27BrN4O3S/c1-5-25(6-2)20(29)14-26-13-15(17-12-16(24)9-10-19(17)26)11-18-21(30)27(7-3)23(32)28(8-4)22(18)31/h9-13H,5-8,14H2,1-4H3. The molecule has 3 rings (SSSR count). The van der Waals surface area contributed by atoms with E-state index in [1.807, 2.05) is 56.7 Å². The van der Waals surface area contributed by atoms with E-state index in [-0.39, 0.29) is 23.1 Å². The third-order valence-electron chi connectivity index (χ3n) is 5.64. The molecule has 0 spiro atoms. The monoisotopic (exact) mass is 518 g/mol. The van der Waals surface area contributed by atoms with Crippen LogP contribution in [0.3, 0.4) is 0 Å². The van der Waals surface area contributed by atoms with Crippen molar-refractivity contribution in [2.24, 2.45) is 0 Å². The zero-order valence-electron chi connectivity index (χ0n) is 18.7. The Balaban J connectivity index is 2.12. The summed E-state index contributed by atoms with van der Waals surface area (Å²) in [6, 6.07) is 5.76. The molecule has 0 atom stereocenters. The molecule has 9 heteroatoms. The highest BCUT2D eigenvalue weighted by Crippen LogP contribution is 2.29. The molecule has 170 valence electrons. The molecule has 0 aliphatic carbocycles. The van der Waals surface area contributed by atoms with Gasteiger partial charge in [-0.2, -0.15) is 0 Å². The van der Waals surface area contributed by atoms with Gasteiger partial charge in [0.1, 0.15) is 12.1 Å². The number of thiocarbonyl (C=S) groups is 1. The SMILES string of the molecule is CCN(CC)C(=O)Cn1cc(C=C2C(=O)N(CC)C(=S)N(CC)C2=O)c2cc(Br)ccc21. The first kappa shape index (κ1) is 24.1. The van der Waals surface area contributed by atoms with Crippen LogP contribution in [0.5, 0.6) is 0 Å². The maximum atomic E-state index is 13.0. The minimum Gasteiger partial charge on any atom is -0.342 e. The third-order valence-corrected chi connectivity index (χ3v) is 6.57. The van der Waals surface area contributed by atoms with E-state index in [1.54, 1.807) is 11.0 Å². The number of benzene rings is 1. The highest BCUT2D eigenvalue weighted by Gasteiger charge is 2.38. The van der Waals surface area contributed by atoms with Gasteiger partial charge in [-0.15, -0.1) is 0 Å². The zero-order valence-corrected chi connectivity index (χ0v) is 21.1. The van der Waals surface area contributed by atoms with E-state index in [0.717, 1.165) is 15.4 Å². The van der Waals surface area contributed by atoms with Gasteiger partial charge in [-0.1, -0.05) is 15.9 Å². The molecule has 3 amide bonds. The van der Waals surface area contributed by atoms with Gasteiger partial charge >= 0.3 is 0 Å². The van der Waals surface area contributed by atoms with Crippen molar-refractivity contribution < 1.29 is 14.4 Å². The van der Waals surface area contributed by atoms with Crippen molar-refractivity contribution in [3.63, 3.8) is 0 Å². The predicted molar refractivity (Wildman–Crippen MR) is 133 cm³/mol. The van der Waals surface area contributed by atoms with Gasteiger partial charge in [0, 0.05) is 53.3 Å². The molecule has 7 nitrogen and oxygen atoms in total. The normalized spacial score (nSPS) is 14.5. The van der Waals surface area contributed by atoms with Crippen molar-refractivity contribution >= 4 is 68.0 Å². The van der Waals surface area contributed by atoms with Gasteiger partial charge in [-0.05, 0) is 64.2 Å². The molecule has 0 N–H and O–H groups in total. The Labute approximate surface area is 201 Å². The van der Waals surface area contributed by atoms with Crippen LogP contribution in [-0.2, 0) is 20.9 Å². The Morgan fingerprint density at radius 1 is 1.06 bits per heavy atom. The minimum absolute atomic E-state index is 0.0125. The second-order valence-electron chi connectivity index (χ2n) is 7.38. The quantitative estimate of drug-likeness (QED) is 0.318. The number of carbonyl (C=O) groups is 3. The van der Waals surface area contributed by atoms with Gasteiger partial charge in [0.25, 0.3) is 11.8 Å². The number of hydrogen-bond donors (Lipinski definition) is 0. The molecule has 2 aromatic rings. The highest BCUT2D eigenvalue weighted by molar-refractivity contribution is 9.10. The smallest absolute Gasteiger partial charge is 0.265 e. The maximum Gasteiger partial charge on any atom is 0.265 e. The average molecular weight is 519 g/mol. The van der Waals surface area contributed by atoms with E-state index in [2.05, 4.69) is 15.9 Å². The summed E-state index contributed by atoms with van der Waals surface area (Å²) in [4.78, 5) is 43.5. The summed E-state index contributed by atoms with van der Waals surface area (Å²) in [7, 11) is 0. The van der Waals surface area contributed by atoms with Crippen LogP contribution in [-0.4, -0.2) is 68.3 Å². The van der Waals surface area contributed by atoms with E-state index < -0.39 is 11.8 Å². The molecule has 0 bridgehead atoms. The summed E-state index contributed by atoms with van der Waals surface area (Å²) in [5, 5.41) is 1.08. The number of fused-ring (bicyclic) bond motifs is 1. The molecule has 1 aliphatic heterocycles. The molecular formula is C23H27BrN4O3S. The number of likely N-dealkylation sites (N-methyl/N-ethyl adjacent to an activating group) is 3. The molecule has 0 unspecified atom stereocenters. The number of rotatable bonds is 7. The fraction of sp³-hybridized carbons (Fsp3) is 0.391. The van der Waals surface area contributed by atoms with Crippen LogP contribution in [0.4, 0.5) is 0 Å². The van der Waals surface area contributed by atoms with Crippen molar-refractivity contribution in [2.45, 2.75) is 34.2 Å². The summed E-state index contributed by atoms with van der Waals surface area (Å²) in [5.74, 6) is -0.789. The Bertz CT molecular complexity index is 1090. The van der Waals surface area contributed by atoms with Crippen molar-refractivity contribution in [2.75, 3.05) is 26.2 Å². The lowest BCUT2D eigenvalue weighted by Gasteiger charge is -2.35. The molecule has 1 fully saturated rings. The Kier molecular flexibility index (Phi) is 7.51. The number of aromatic nitrogens is 1. The summed E-state index contributed by atoms with van der Waals surface area (Å²) in [5.41, 5.74) is 1.62. The Hall–Kier alpha value is -2.52. The van der Waals surface area contributed by atoms with Gasteiger partial charge < -0.3 is 9.47 Å². The molecule has 0 saturated carbocycles. The van der Waals surface area contributed by atoms with Gasteiger partial charge in [0.15, 0.2) is 5.11 Å². The number of halogens is 1.